The maximum atomic E-state index is 6.51. The van der Waals surface area contributed by atoms with E-state index in [0.29, 0.717) is 5.92 Å². The Labute approximate surface area is 134 Å². The standard InChI is InChI=1S/C16H21BrClNO/c17-13-4-3-11(9-14(13)18)15(19)12-5-8-20-16(10-12)6-1-2-7-16/h3-4,9,12,15H,1-2,5-8,10,19H2. The average molecular weight is 359 g/mol. The lowest BCUT2D eigenvalue weighted by Crippen LogP contribution is -2.40. The molecule has 2 N–H and O–H groups in total. The van der Waals surface area contributed by atoms with Crippen LogP contribution in [0.4, 0.5) is 0 Å². The molecule has 0 bridgehead atoms. The number of benzene rings is 1. The Morgan fingerprint density at radius 2 is 2.10 bits per heavy atom. The Morgan fingerprint density at radius 3 is 2.80 bits per heavy atom. The van der Waals surface area contributed by atoms with Gasteiger partial charge >= 0.3 is 0 Å². The molecule has 2 unspecified atom stereocenters. The highest BCUT2D eigenvalue weighted by molar-refractivity contribution is 9.10. The molecule has 0 radical (unpaired) electrons. The van der Waals surface area contributed by atoms with Gasteiger partial charge in [-0.15, -0.1) is 0 Å². The van der Waals surface area contributed by atoms with Crippen LogP contribution in [0.5, 0.6) is 0 Å². The van der Waals surface area contributed by atoms with Gasteiger partial charge in [-0.2, -0.15) is 0 Å². The first kappa shape index (κ1) is 14.8. The summed E-state index contributed by atoms with van der Waals surface area (Å²) >= 11 is 9.62. The molecule has 1 saturated carbocycles. The normalized spacial score (nSPS) is 26.9. The summed E-state index contributed by atoms with van der Waals surface area (Å²) in [6, 6.07) is 6.12. The van der Waals surface area contributed by atoms with Gasteiger partial charge in [0.05, 0.1) is 10.6 Å². The maximum Gasteiger partial charge on any atom is 0.0685 e. The van der Waals surface area contributed by atoms with Crippen LogP contribution in [-0.4, -0.2) is 12.2 Å². The zero-order valence-corrected chi connectivity index (χ0v) is 13.9. The molecule has 1 heterocycles. The van der Waals surface area contributed by atoms with Crippen molar-refractivity contribution in [2.45, 2.75) is 50.2 Å². The summed E-state index contributed by atoms with van der Waals surface area (Å²) in [5, 5.41) is 0.737. The quantitative estimate of drug-likeness (QED) is 0.821. The van der Waals surface area contributed by atoms with Crippen LogP contribution in [0.15, 0.2) is 22.7 Å². The monoisotopic (exact) mass is 357 g/mol. The molecule has 1 aromatic rings. The first-order valence-corrected chi connectivity index (χ1v) is 8.61. The molecule has 1 spiro atoms. The van der Waals surface area contributed by atoms with Crippen molar-refractivity contribution in [2.75, 3.05) is 6.61 Å². The van der Waals surface area contributed by atoms with Crippen molar-refractivity contribution >= 4 is 27.5 Å². The van der Waals surface area contributed by atoms with E-state index in [1.54, 1.807) is 0 Å². The molecule has 4 heteroatoms. The number of ether oxygens (including phenoxy) is 1. The third-order valence-corrected chi connectivity index (χ3v) is 6.11. The van der Waals surface area contributed by atoms with Crippen LogP contribution in [0.3, 0.4) is 0 Å². The Balaban J connectivity index is 1.75. The van der Waals surface area contributed by atoms with E-state index >= 15 is 0 Å². The molecular weight excluding hydrogens is 338 g/mol. The summed E-state index contributed by atoms with van der Waals surface area (Å²) in [7, 11) is 0. The first-order valence-electron chi connectivity index (χ1n) is 7.44. The topological polar surface area (TPSA) is 35.2 Å². The summed E-state index contributed by atoms with van der Waals surface area (Å²) in [5.74, 6) is 0.499. The largest absolute Gasteiger partial charge is 0.375 e. The van der Waals surface area contributed by atoms with Crippen LogP contribution in [0.2, 0.25) is 5.02 Å². The number of nitrogens with two attached hydrogens (primary N) is 1. The number of halogens is 2. The second-order valence-electron chi connectivity index (χ2n) is 6.19. The smallest absolute Gasteiger partial charge is 0.0685 e. The second kappa shape index (κ2) is 5.96. The highest BCUT2D eigenvalue weighted by Crippen LogP contribution is 2.45. The minimum atomic E-state index is 0.0574. The fraction of sp³-hybridized carbons (Fsp3) is 0.625. The van der Waals surface area contributed by atoms with Gasteiger partial charge in [0.1, 0.15) is 0 Å². The number of hydrogen-bond acceptors (Lipinski definition) is 2. The highest BCUT2D eigenvalue weighted by atomic mass is 79.9. The van der Waals surface area contributed by atoms with E-state index in [2.05, 4.69) is 22.0 Å². The number of rotatable bonds is 2. The summed E-state index contributed by atoms with van der Waals surface area (Å²) in [4.78, 5) is 0. The van der Waals surface area contributed by atoms with Crippen LogP contribution >= 0.6 is 27.5 Å². The maximum absolute atomic E-state index is 6.51. The molecule has 1 aliphatic carbocycles. The van der Waals surface area contributed by atoms with Crippen molar-refractivity contribution in [3.05, 3.63) is 33.3 Å². The van der Waals surface area contributed by atoms with Gasteiger partial charge in [0.25, 0.3) is 0 Å². The molecule has 20 heavy (non-hydrogen) atoms. The summed E-state index contributed by atoms with van der Waals surface area (Å²) in [5.41, 5.74) is 7.77. The Kier molecular flexibility index (Phi) is 4.42. The Hall–Kier alpha value is -0.0900. The van der Waals surface area contributed by atoms with Crippen molar-refractivity contribution in [1.82, 2.24) is 0 Å². The molecule has 2 nitrogen and oxygen atoms in total. The van der Waals surface area contributed by atoms with Crippen LogP contribution < -0.4 is 5.73 Å². The van der Waals surface area contributed by atoms with E-state index in [1.807, 2.05) is 12.1 Å². The van der Waals surface area contributed by atoms with Gasteiger partial charge in [0.2, 0.25) is 0 Å². The minimum absolute atomic E-state index is 0.0574. The second-order valence-corrected chi connectivity index (χ2v) is 7.45. The molecule has 2 atom stereocenters. The molecule has 2 fully saturated rings. The third-order valence-electron chi connectivity index (χ3n) is 4.88. The van der Waals surface area contributed by atoms with E-state index in [9.17, 15) is 0 Å². The zero-order valence-electron chi connectivity index (χ0n) is 11.6. The van der Waals surface area contributed by atoms with Crippen molar-refractivity contribution in [3.63, 3.8) is 0 Å². The van der Waals surface area contributed by atoms with Crippen molar-refractivity contribution < 1.29 is 4.74 Å². The van der Waals surface area contributed by atoms with E-state index in [4.69, 9.17) is 22.1 Å². The minimum Gasteiger partial charge on any atom is -0.375 e. The third kappa shape index (κ3) is 2.92. The lowest BCUT2D eigenvalue weighted by molar-refractivity contribution is -0.0963. The van der Waals surface area contributed by atoms with Gasteiger partial charge in [-0.3, -0.25) is 0 Å². The summed E-state index contributed by atoms with van der Waals surface area (Å²) < 4.78 is 7.02. The SMILES string of the molecule is NC(c1ccc(Br)c(Cl)c1)C1CCOC2(CCCC2)C1. The van der Waals surface area contributed by atoms with Crippen molar-refractivity contribution in [1.29, 1.82) is 0 Å². The zero-order chi connectivity index (χ0) is 14.2. The van der Waals surface area contributed by atoms with E-state index in [0.717, 1.165) is 34.5 Å². The number of hydrogen-bond donors (Lipinski definition) is 1. The van der Waals surface area contributed by atoms with Gasteiger partial charge in [-0.05, 0) is 65.2 Å². The Bertz CT molecular complexity index is 487. The van der Waals surface area contributed by atoms with E-state index in [1.165, 1.54) is 25.7 Å². The van der Waals surface area contributed by atoms with Crippen LogP contribution in [-0.2, 0) is 4.74 Å². The van der Waals surface area contributed by atoms with Gasteiger partial charge in [-0.1, -0.05) is 30.5 Å². The molecule has 1 aliphatic heterocycles. The van der Waals surface area contributed by atoms with Crippen LogP contribution in [0.1, 0.15) is 50.1 Å². The molecular formula is C16H21BrClNO. The molecule has 0 aromatic heterocycles. The van der Waals surface area contributed by atoms with Gasteiger partial charge < -0.3 is 10.5 Å². The predicted molar refractivity (Wildman–Crippen MR) is 86.0 cm³/mol. The van der Waals surface area contributed by atoms with Crippen LogP contribution in [0, 0.1) is 5.92 Å². The molecule has 3 rings (SSSR count). The van der Waals surface area contributed by atoms with Gasteiger partial charge in [-0.25, -0.2) is 0 Å². The van der Waals surface area contributed by atoms with Crippen LogP contribution in [0.25, 0.3) is 0 Å². The summed E-state index contributed by atoms with van der Waals surface area (Å²) in [6.07, 6.45) is 7.16. The summed E-state index contributed by atoms with van der Waals surface area (Å²) in [6.45, 7) is 0.850. The van der Waals surface area contributed by atoms with Crippen molar-refractivity contribution in [2.24, 2.45) is 11.7 Å². The van der Waals surface area contributed by atoms with Gasteiger partial charge in [0.15, 0.2) is 0 Å². The van der Waals surface area contributed by atoms with E-state index < -0.39 is 0 Å². The molecule has 1 saturated heterocycles. The van der Waals surface area contributed by atoms with E-state index in [-0.39, 0.29) is 11.6 Å². The Morgan fingerprint density at radius 1 is 1.35 bits per heavy atom. The lowest BCUT2D eigenvalue weighted by atomic mass is 9.79. The molecule has 0 amide bonds. The lowest BCUT2D eigenvalue weighted by Gasteiger charge is -2.40. The highest BCUT2D eigenvalue weighted by Gasteiger charge is 2.41. The molecule has 1 aromatic carbocycles. The van der Waals surface area contributed by atoms with Gasteiger partial charge in [0, 0.05) is 17.1 Å². The predicted octanol–water partition coefficient (Wildman–Crippen LogP) is 4.84. The molecule has 2 aliphatic rings. The van der Waals surface area contributed by atoms with Crippen molar-refractivity contribution in [3.8, 4) is 0 Å². The fourth-order valence-electron chi connectivity index (χ4n) is 3.73. The average Bonchev–Trinajstić information content (AvgIpc) is 2.89. The first-order chi connectivity index (χ1) is 9.60. The fourth-order valence-corrected chi connectivity index (χ4v) is 4.17. The molecule has 110 valence electrons.